The number of aliphatic hydroxyl groups is 1. The summed E-state index contributed by atoms with van der Waals surface area (Å²) in [6, 6.07) is 53.3. The van der Waals surface area contributed by atoms with Gasteiger partial charge in [0.2, 0.25) is 12.2 Å². The van der Waals surface area contributed by atoms with Gasteiger partial charge in [0.05, 0.1) is 42.9 Å². The van der Waals surface area contributed by atoms with E-state index in [-0.39, 0.29) is 86.5 Å². The van der Waals surface area contributed by atoms with Crippen LogP contribution in [-0.4, -0.2) is 137 Å². The number of phenolic OH excluding ortho intramolecular Hbond substituents is 1. The van der Waals surface area contributed by atoms with Crippen molar-refractivity contribution in [2.75, 3.05) is 43.3 Å². The topological polar surface area (TPSA) is 330 Å². The van der Waals surface area contributed by atoms with Gasteiger partial charge in [-0.1, -0.05) is 72.8 Å². The molecule has 0 aliphatic heterocycles. The van der Waals surface area contributed by atoms with Gasteiger partial charge in [0.1, 0.15) is 34.7 Å². The number of benzene rings is 8. The molecule has 530 valence electrons. The van der Waals surface area contributed by atoms with Crippen LogP contribution < -0.4 is 45.6 Å². The first-order chi connectivity index (χ1) is 49.3. The number of rotatable bonds is 26. The molecule has 0 bridgehead atoms. The molecule has 0 saturated heterocycles. The van der Waals surface area contributed by atoms with Crippen molar-refractivity contribution < 1.29 is 61.2 Å². The van der Waals surface area contributed by atoms with Crippen molar-refractivity contribution in [2.45, 2.75) is 94.8 Å². The van der Waals surface area contributed by atoms with Crippen LogP contribution in [0.15, 0.2) is 202 Å². The number of hydrogen-bond acceptors (Lipinski definition) is 18. The number of carbonyl (C=O) groups excluding carboxylic acids is 4. The fourth-order valence-electron chi connectivity index (χ4n) is 11.7. The zero-order chi connectivity index (χ0) is 72.1. The standard InChI is InChI=1S/C31H33N3O6S.C27H23N5O4.C19H24N2O4.Na.H/c1-20-8-4-7-11-29(20)41(37,38)33-30(35)22-13-12-21(28(17-22)39-3)16-23-19-34(2)27-15-14-24(18-26(23)27)32-31(36)40-25-9-5-6-10-25;33-23-17-25(26-29-31-32-30-26)36-24-16-20(11-14-22(23)24)28-27(34)19-9-12-21(13-10-19)35-15-5-4-8-18-6-2-1-3-7-18;1-13(9-14-3-6-16(25-2)7-4-14)20-11-19(24)15-5-8-18(23)17(10-15)21-12-22;;/h4,7-8,11-15,17-19,25H,5-6,9-10,16H2,1-3H3,(H,32,36)(H,33,35);1-3,6-7,9-14,16-17H,4-5,8,15H2,(H,28,34)(H,29,30,31,32);3-8,10,12-13,19-20,23-24H,9,11H2,1-2H3,(H,21,22);;. The van der Waals surface area contributed by atoms with Gasteiger partial charge in [0, 0.05) is 77.8 Å². The van der Waals surface area contributed by atoms with Crippen molar-refractivity contribution in [2.24, 2.45) is 7.05 Å². The first-order valence-corrected chi connectivity index (χ1v) is 34.6. The Labute approximate surface area is 617 Å². The summed E-state index contributed by atoms with van der Waals surface area (Å²) in [6.07, 6.45) is 9.59. The van der Waals surface area contributed by atoms with E-state index in [9.17, 15) is 42.6 Å². The maximum absolute atomic E-state index is 12.9. The van der Waals surface area contributed by atoms with Crippen LogP contribution in [0.3, 0.4) is 0 Å². The Morgan fingerprint density at radius 1 is 0.757 bits per heavy atom. The van der Waals surface area contributed by atoms with Gasteiger partial charge in [0.15, 0.2) is 11.2 Å². The number of nitrogens with zero attached hydrogens (tertiary/aromatic N) is 4. The van der Waals surface area contributed by atoms with Crippen LogP contribution in [0.2, 0.25) is 0 Å². The summed E-state index contributed by atoms with van der Waals surface area (Å²) in [5.74, 6) is 1.27. The monoisotopic (exact) mass is 1420 g/mol. The van der Waals surface area contributed by atoms with Crippen LogP contribution in [-0.2, 0) is 45.9 Å². The number of phenols is 1. The van der Waals surface area contributed by atoms with Crippen LogP contribution in [0.1, 0.15) is 106 Å². The number of H-pyrrole nitrogens is 1. The van der Waals surface area contributed by atoms with E-state index >= 15 is 0 Å². The Kier molecular flexibility index (Phi) is 27.3. The number of anilines is 3. The zero-order valence-corrected chi connectivity index (χ0v) is 57.8. The normalized spacial score (nSPS) is 12.4. The molecule has 24 nitrogen and oxygen atoms in total. The van der Waals surface area contributed by atoms with Gasteiger partial charge in [0.25, 0.3) is 21.8 Å². The summed E-state index contributed by atoms with van der Waals surface area (Å²) in [6.45, 7) is 4.70. The number of unbranched alkanes of at least 4 members (excludes halogenated alkanes) is 1. The summed E-state index contributed by atoms with van der Waals surface area (Å²) in [4.78, 5) is 61.0. The average molecular weight is 1430 g/mol. The molecule has 1 aliphatic rings. The van der Waals surface area contributed by atoms with E-state index in [4.69, 9.17) is 23.4 Å². The number of aromatic hydroxyl groups is 1. The number of hydrogen-bond donors (Lipinski definition) is 8. The van der Waals surface area contributed by atoms with Crippen molar-refractivity contribution in [1.29, 1.82) is 0 Å². The Bertz CT molecular complexity index is 4860. The van der Waals surface area contributed by atoms with E-state index in [0.717, 1.165) is 79.1 Å². The molecule has 1 fully saturated rings. The third-order valence-corrected chi connectivity index (χ3v) is 18.5. The minimum atomic E-state index is -4.04. The maximum atomic E-state index is 12.9. The van der Waals surface area contributed by atoms with E-state index < -0.39 is 28.1 Å². The van der Waals surface area contributed by atoms with Gasteiger partial charge in [-0.05, 0) is 201 Å². The van der Waals surface area contributed by atoms with Crippen molar-refractivity contribution in [3.63, 3.8) is 0 Å². The van der Waals surface area contributed by atoms with Crippen molar-refractivity contribution >= 4 is 103 Å². The fraction of sp³-hybridized carbons (Fsp3) is 0.247. The Morgan fingerprint density at radius 3 is 2.19 bits per heavy atom. The Balaban J connectivity index is 0.000000184. The molecule has 0 spiro atoms. The number of sulfonamides is 1. The molecular formula is C77H81N10NaO14S. The summed E-state index contributed by atoms with van der Waals surface area (Å²) in [7, 11) is 1.06. The third-order valence-electron chi connectivity index (χ3n) is 17.1. The first kappa shape index (κ1) is 76.5. The predicted molar refractivity (Wildman–Crippen MR) is 396 cm³/mol. The molecule has 1 aliphatic carbocycles. The van der Waals surface area contributed by atoms with Crippen LogP contribution in [0.25, 0.3) is 33.5 Å². The molecule has 8 aromatic carbocycles. The van der Waals surface area contributed by atoms with E-state index in [0.29, 0.717) is 76.5 Å². The number of aromatic nitrogens is 5. The number of tetrazole rings is 1. The average Bonchev–Trinajstić information content (AvgIpc) is 1.71. The van der Waals surface area contributed by atoms with Crippen LogP contribution in [0.5, 0.6) is 23.0 Å². The minimum absolute atomic E-state index is 0. The van der Waals surface area contributed by atoms with Crippen LogP contribution >= 0.6 is 0 Å². The van der Waals surface area contributed by atoms with Gasteiger partial charge in [-0.25, -0.2) is 17.9 Å². The number of aryl methyl sites for hydroxylation is 3. The number of nitrogens with one attached hydrogen (secondary N) is 6. The number of fused-ring (bicyclic) bond motifs is 2. The molecule has 0 radical (unpaired) electrons. The molecule has 2 atom stereocenters. The molecule has 2 unspecified atom stereocenters. The summed E-state index contributed by atoms with van der Waals surface area (Å²) in [5, 5.41) is 46.1. The number of aromatic amines is 1. The van der Waals surface area contributed by atoms with Crippen LogP contribution in [0.4, 0.5) is 21.9 Å². The quantitative estimate of drug-likeness (QED) is 0.0108. The summed E-state index contributed by atoms with van der Waals surface area (Å²) in [5.41, 5.74) is 8.56. The van der Waals surface area contributed by atoms with Crippen LogP contribution in [0, 0.1) is 6.92 Å². The third kappa shape index (κ3) is 21.2. The SMILES string of the molecule is COc1cc(C(=O)NS(=O)(=O)c2ccccc2C)ccc1Cc1cn(C)c2ccc(NC(=O)OC3CCCC3)cc12.COc1ccc(CC(C)NCC(O)c2ccc(O)c(NC=O)c2)cc1.O=C(Nc1ccc2c(=O)cc(-c3nn[nH]n3)oc2c1)c1ccc(OCCCCc2ccccc2)cc1.[NaH]. The van der Waals surface area contributed by atoms with Crippen molar-refractivity contribution in [3.8, 4) is 34.6 Å². The summed E-state index contributed by atoms with van der Waals surface area (Å²) >= 11 is 0. The zero-order valence-electron chi connectivity index (χ0n) is 57.0. The second kappa shape index (κ2) is 36.8. The molecule has 4 amide bonds. The van der Waals surface area contributed by atoms with E-state index in [2.05, 4.69) is 70.9 Å². The van der Waals surface area contributed by atoms with Gasteiger partial charge in [-0.15, -0.1) is 10.2 Å². The van der Waals surface area contributed by atoms with Gasteiger partial charge < -0.3 is 54.1 Å². The molecule has 3 heterocycles. The first-order valence-electron chi connectivity index (χ1n) is 33.2. The number of methoxy groups -OCH3 is 2. The number of aliphatic hydroxyl groups excluding tert-OH is 1. The molecule has 12 rings (SSSR count). The fourth-order valence-corrected chi connectivity index (χ4v) is 12.9. The number of carbonyl (C=O) groups is 4. The Hall–Kier alpha value is -10.7. The second-order valence-electron chi connectivity index (χ2n) is 24.4. The van der Waals surface area contributed by atoms with Crippen molar-refractivity contribution in [1.82, 2.24) is 35.2 Å². The molecule has 103 heavy (non-hydrogen) atoms. The number of ether oxygens (including phenoxy) is 4. The molecular weight excluding hydrogens is 1340 g/mol. The van der Waals surface area contributed by atoms with E-state index in [1.165, 1.54) is 42.5 Å². The molecule has 26 heteroatoms. The van der Waals surface area contributed by atoms with Gasteiger partial charge in [-0.3, -0.25) is 24.5 Å². The summed E-state index contributed by atoms with van der Waals surface area (Å²) < 4.78 is 57.6. The van der Waals surface area contributed by atoms with Gasteiger partial charge >= 0.3 is 35.7 Å². The van der Waals surface area contributed by atoms with Crippen molar-refractivity contribution in [3.05, 3.63) is 243 Å². The Morgan fingerprint density at radius 2 is 1.48 bits per heavy atom. The molecule has 8 N–H and O–H groups in total. The van der Waals surface area contributed by atoms with E-state index in [1.807, 2.05) is 73.3 Å². The second-order valence-corrected chi connectivity index (χ2v) is 26.1. The molecule has 3 aromatic heterocycles. The predicted octanol–water partition coefficient (Wildman–Crippen LogP) is 11.9. The van der Waals surface area contributed by atoms with E-state index in [1.54, 1.807) is 99.0 Å². The van der Waals surface area contributed by atoms with Gasteiger partial charge in [-0.2, -0.15) is 5.21 Å². The molecule has 11 aromatic rings. The number of amides is 4. The molecule has 1 saturated carbocycles.